The minimum atomic E-state index is -3.57. The summed E-state index contributed by atoms with van der Waals surface area (Å²) in [5.74, 6) is 0.752. The van der Waals surface area contributed by atoms with Crippen LogP contribution in [0.15, 0.2) is 12.4 Å². The Morgan fingerprint density at radius 3 is 2.75 bits per heavy atom. The summed E-state index contributed by atoms with van der Waals surface area (Å²) in [5.41, 5.74) is 1.10. The van der Waals surface area contributed by atoms with Gasteiger partial charge in [-0.2, -0.15) is 0 Å². The number of hydrogen-bond donors (Lipinski definition) is 1. The van der Waals surface area contributed by atoms with Gasteiger partial charge in [-0.15, -0.1) is 14.8 Å². The van der Waals surface area contributed by atoms with Crippen LogP contribution in [0.25, 0.3) is 5.65 Å². The van der Waals surface area contributed by atoms with Gasteiger partial charge in [0.25, 0.3) is 0 Å². The zero-order chi connectivity index (χ0) is 17.4. The zero-order valence-corrected chi connectivity index (χ0v) is 14.8. The lowest BCUT2D eigenvalue weighted by molar-refractivity contribution is 0.188. The van der Waals surface area contributed by atoms with Crippen LogP contribution in [0.2, 0.25) is 0 Å². The highest BCUT2D eigenvalue weighted by Gasteiger charge is 2.28. The van der Waals surface area contributed by atoms with Gasteiger partial charge in [0.2, 0.25) is 15.9 Å². The minimum absolute atomic E-state index is 0.148. The first-order chi connectivity index (χ1) is 11.2. The van der Waals surface area contributed by atoms with Gasteiger partial charge in [-0.05, 0) is 24.8 Å². The van der Waals surface area contributed by atoms with Crippen molar-refractivity contribution < 1.29 is 13.2 Å². The molecule has 8 nitrogen and oxygen atoms in total. The van der Waals surface area contributed by atoms with E-state index in [1.807, 2.05) is 6.07 Å². The second-order valence-electron chi connectivity index (χ2n) is 7.25. The first-order valence-corrected chi connectivity index (χ1v) is 9.79. The number of sulfonamides is 1. The Balaban J connectivity index is 1.85. The summed E-state index contributed by atoms with van der Waals surface area (Å²) in [5, 5.41) is 13.6. The highest BCUT2D eigenvalue weighted by Crippen LogP contribution is 2.38. The standard InChI is InChI=1S/C15H23N5O3S/c1-15(2,9-24(16,21)22)8-23-14-12(11-5-3-4-6-11)7-13-17-10-18-20(13)19-14/h7,10-11H,3-6,8-9H2,1-2H3,(H2,16,21,22). The molecule has 0 amide bonds. The Bertz CT molecular complexity index is 825. The number of fused-ring (bicyclic) bond motifs is 1. The number of rotatable bonds is 6. The Morgan fingerprint density at radius 1 is 1.38 bits per heavy atom. The maximum Gasteiger partial charge on any atom is 0.237 e. The van der Waals surface area contributed by atoms with Gasteiger partial charge >= 0.3 is 0 Å². The molecule has 9 heteroatoms. The van der Waals surface area contributed by atoms with Crippen LogP contribution in [0.3, 0.4) is 0 Å². The fraction of sp³-hybridized carbons (Fsp3) is 0.667. The van der Waals surface area contributed by atoms with E-state index in [0.717, 1.165) is 18.4 Å². The molecule has 0 radical (unpaired) electrons. The molecule has 1 fully saturated rings. The average Bonchev–Trinajstić information content (AvgIpc) is 3.12. The van der Waals surface area contributed by atoms with Gasteiger partial charge in [-0.3, -0.25) is 0 Å². The summed E-state index contributed by atoms with van der Waals surface area (Å²) < 4.78 is 30.1. The van der Waals surface area contributed by atoms with Crippen molar-refractivity contribution in [3.63, 3.8) is 0 Å². The molecule has 0 saturated heterocycles. The molecule has 2 aromatic heterocycles. The van der Waals surface area contributed by atoms with Crippen LogP contribution < -0.4 is 9.88 Å². The fourth-order valence-electron chi connectivity index (χ4n) is 3.25. The predicted molar refractivity (Wildman–Crippen MR) is 89.2 cm³/mol. The zero-order valence-electron chi connectivity index (χ0n) is 14.0. The van der Waals surface area contributed by atoms with E-state index in [1.54, 1.807) is 13.8 Å². The van der Waals surface area contributed by atoms with Gasteiger partial charge in [0.15, 0.2) is 5.65 Å². The van der Waals surface area contributed by atoms with Crippen LogP contribution in [0.1, 0.15) is 51.0 Å². The topological polar surface area (TPSA) is 112 Å². The molecule has 2 aromatic rings. The molecule has 0 bridgehead atoms. The number of ether oxygens (including phenoxy) is 1. The van der Waals surface area contributed by atoms with Crippen LogP contribution >= 0.6 is 0 Å². The molecule has 0 spiro atoms. The first kappa shape index (κ1) is 17.1. The number of aromatic nitrogens is 4. The molecule has 24 heavy (non-hydrogen) atoms. The maximum atomic E-state index is 11.4. The van der Waals surface area contributed by atoms with Crippen LogP contribution in [0.5, 0.6) is 5.88 Å². The summed E-state index contributed by atoms with van der Waals surface area (Å²) in [7, 11) is -3.57. The Morgan fingerprint density at radius 2 is 2.08 bits per heavy atom. The van der Waals surface area contributed by atoms with E-state index < -0.39 is 15.4 Å². The quantitative estimate of drug-likeness (QED) is 0.841. The Hall–Kier alpha value is -1.74. The SMILES string of the molecule is CC(C)(COc1nn2ncnc2cc1C1CCCC1)CS(N)(=O)=O. The normalized spacial score (nSPS) is 16.8. The van der Waals surface area contributed by atoms with E-state index in [-0.39, 0.29) is 12.4 Å². The highest BCUT2D eigenvalue weighted by atomic mass is 32.2. The summed E-state index contributed by atoms with van der Waals surface area (Å²) in [6.07, 6.45) is 6.04. The lowest BCUT2D eigenvalue weighted by Crippen LogP contribution is -2.34. The van der Waals surface area contributed by atoms with Crippen molar-refractivity contribution in [3.8, 4) is 5.88 Å². The van der Waals surface area contributed by atoms with E-state index in [1.165, 1.54) is 23.8 Å². The molecule has 0 aliphatic heterocycles. The Labute approximate surface area is 141 Å². The second kappa shape index (κ2) is 6.29. The van der Waals surface area contributed by atoms with Gasteiger partial charge in [-0.1, -0.05) is 26.7 Å². The van der Waals surface area contributed by atoms with Crippen LogP contribution in [0.4, 0.5) is 0 Å². The predicted octanol–water partition coefficient (Wildman–Crippen LogP) is 1.48. The van der Waals surface area contributed by atoms with Crippen molar-refractivity contribution in [3.05, 3.63) is 18.0 Å². The van der Waals surface area contributed by atoms with Gasteiger partial charge in [-0.25, -0.2) is 18.5 Å². The second-order valence-corrected chi connectivity index (χ2v) is 8.87. The van der Waals surface area contributed by atoms with Crippen LogP contribution in [-0.4, -0.2) is 40.6 Å². The van der Waals surface area contributed by atoms with Gasteiger partial charge in [0, 0.05) is 11.0 Å². The van der Waals surface area contributed by atoms with Gasteiger partial charge < -0.3 is 4.74 Å². The minimum Gasteiger partial charge on any atom is -0.476 e. The lowest BCUT2D eigenvalue weighted by atomic mass is 9.97. The molecular formula is C15H23N5O3S. The van der Waals surface area contributed by atoms with Crippen molar-refractivity contribution in [1.29, 1.82) is 0 Å². The van der Waals surface area contributed by atoms with Crippen molar-refractivity contribution in [2.75, 3.05) is 12.4 Å². The summed E-state index contributed by atoms with van der Waals surface area (Å²) >= 11 is 0. The average molecular weight is 353 g/mol. The van der Waals surface area contributed by atoms with Crippen molar-refractivity contribution in [1.82, 2.24) is 19.8 Å². The summed E-state index contributed by atoms with van der Waals surface area (Å²) in [6.45, 7) is 3.82. The molecule has 0 aromatic carbocycles. The number of hydrogen-bond acceptors (Lipinski definition) is 6. The molecule has 1 aliphatic carbocycles. The van der Waals surface area contributed by atoms with Gasteiger partial charge in [0.05, 0.1) is 12.4 Å². The van der Waals surface area contributed by atoms with Crippen LogP contribution in [0, 0.1) is 5.41 Å². The number of nitrogens with two attached hydrogens (primary N) is 1. The lowest BCUT2D eigenvalue weighted by Gasteiger charge is -2.24. The largest absolute Gasteiger partial charge is 0.476 e. The molecular weight excluding hydrogens is 330 g/mol. The van der Waals surface area contributed by atoms with Crippen molar-refractivity contribution in [2.45, 2.75) is 45.4 Å². The van der Waals surface area contributed by atoms with Crippen molar-refractivity contribution >= 4 is 15.7 Å². The highest BCUT2D eigenvalue weighted by molar-refractivity contribution is 7.89. The maximum absolute atomic E-state index is 11.4. The molecule has 0 atom stereocenters. The molecule has 2 heterocycles. The number of primary sulfonamides is 1. The van der Waals surface area contributed by atoms with E-state index in [4.69, 9.17) is 9.88 Å². The Kier molecular flexibility index (Phi) is 4.48. The smallest absolute Gasteiger partial charge is 0.237 e. The number of nitrogens with zero attached hydrogens (tertiary/aromatic N) is 4. The van der Waals surface area contributed by atoms with E-state index in [0.29, 0.717) is 17.4 Å². The molecule has 3 rings (SSSR count). The monoisotopic (exact) mass is 353 g/mol. The van der Waals surface area contributed by atoms with Crippen LogP contribution in [-0.2, 0) is 10.0 Å². The third-order valence-corrected chi connectivity index (χ3v) is 5.44. The molecule has 2 N–H and O–H groups in total. The molecule has 132 valence electrons. The molecule has 0 unspecified atom stereocenters. The summed E-state index contributed by atoms with van der Waals surface area (Å²) in [6, 6.07) is 1.97. The van der Waals surface area contributed by atoms with E-state index in [2.05, 4.69) is 15.2 Å². The molecule has 1 saturated carbocycles. The van der Waals surface area contributed by atoms with E-state index >= 15 is 0 Å². The molecule has 1 aliphatic rings. The van der Waals surface area contributed by atoms with E-state index in [9.17, 15) is 8.42 Å². The third-order valence-electron chi connectivity index (χ3n) is 4.26. The fourth-order valence-corrected chi connectivity index (χ4v) is 4.43. The van der Waals surface area contributed by atoms with Crippen molar-refractivity contribution in [2.24, 2.45) is 10.6 Å². The van der Waals surface area contributed by atoms with Gasteiger partial charge in [0.1, 0.15) is 6.33 Å². The first-order valence-electron chi connectivity index (χ1n) is 8.08. The third kappa shape index (κ3) is 4.02. The summed E-state index contributed by atoms with van der Waals surface area (Å²) in [4.78, 5) is 4.19.